The molecule has 222 valence electrons. The van der Waals surface area contributed by atoms with Crippen molar-refractivity contribution in [1.29, 1.82) is 0 Å². The molecule has 3 rings (SSSR count). The summed E-state index contributed by atoms with van der Waals surface area (Å²) in [6.45, 7) is 6.40. The fourth-order valence-electron chi connectivity index (χ4n) is 5.09. The van der Waals surface area contributed by atoms with Gasteiger partial charge in [-0.3, -0.25) is 9.59 Å². The van der Waals surface area contributed by atoms with Crippen molar-refractivity contribution in [3.63, 3.8) is 0 Å². The number of aromatic nitrogens is 1. The molecule has 3 aromatic rings. The molecule has 41 heavy (non-hydrogen) atoms. The molecule has 2 atom stereocenters. The van der Waals surface area contributed by atoms with Crippen molar-refractivity contribution in [2.24, 2.45) is 11.1 Å². The van der Waals surface area contributed by atoms with Gasteiger partial charge in [-0.15, -0.1) is 0 Å². The predicted molar refractivity (Wildman–Crippen MR) is 156 cm³/mol. The third-order valence-electron chi connectivity index (χ3n) is 7.00. The maximum absolute atomic E-state index is 14.9. The number of benzene rings is 2. The number of rotatable bonds is 13. The van der Waals surface area contributed by atoms with Crippen molar-refractivity contribution in [3.8, 4) is 11.1 Å². The van der Waals surface area contributed by atoms with Crippen LogP contribution in [0.2, 0.25) is 0 Å². The van der Waals surface area contributed by atoms with Gasteiger partial charge in [-0.2, -0.15) is 0 Å². The van der Waals surface area contributed by atoms with Crippen molar-refractivity contribution in [3.05, 3.63) is 83.7 Å². The highest BCUT2D eigenvalue weighted by Crippen LogP contribution is 2.41. The normalized spacial score (nSPS) is 13.1. The van der Waals surface area contributed by atoms with Crippen LogP contribution in [0.1, 0.15) is 44.5 Å². The number of aliphatic hydroxyl groups is 1. The number of nitrogens with one attached hydrogen (secondary N) is 2. The molecule has 8 nitrogen and oxygen atoms in total. The van der Waals surface area contributed by atoms with Gasteiger partial charge in [0.15, 0.2) is 0 Å². The molecule has 0 bridgehead atoms. The van der Waals surface area contributed by atoms with Crippen LogP contribution in [0, 0.1) is 17.0 Å². The highest BCUT2D eigenvalue weighted by atomic mass is 19.1. The molecule has 2 aromatic carbocycles. The number of aliphatic hydroxyl groups excluding tert-OH is 1. The SMILES string of the molecule is CNC(CCN(C(=O)CO)C(c1cc(-c2cc(F)ccc2F)cn1Cc1ccccc1)C(C)(C)C)C(=O)NCCN. The van der Waals surface area contributed by atoms with Gasteiger partial charge < -0.3 is 30.9 Å². The van der Waals surface area contributed by atoms with Crippen molar-refractivity contribution in [2.45, 2.75) is 45.8 Å². The van der Waals surface area contributed by atoms with Gasteiger partial charge in [-0.05, 0) is 48.7 Å². The first kappa shape index (κ1) is 31.9. The molecule has 0 fully saturated rings. The topological polar surface area (TPSA) is 113 Å². The third kappa shape index (κ3) is 8.22. The average Bonchev–Trinajstić information content (AvgIpc) is 3.34. The minimum absolute atomic E-state index is 0.109. The number of halogens is 2. The summed E-state index contributed by atoms with van der Waals surface area (Å²) in [4.78, 5) is 27.5. The number of hydrogen-bond acceptors (Lipinski definition) is 5. The number of amides is 2. The summed E-state index contributed by atoms with van der Waals surface area (Å²) >= 11 is 0. The molecule has 5 N–H and O–H groups in total. The van der Waals surface area contributed by atoms with E-state index in [1.165, 1.54) is 0 Å². The van der Waals surface area contributed by atoms with Crippen LogP contribution < -0.4 is 16.4 Å². The van der Waals surface area contributed by atoms with E-state index in [2.05, 4.69) is 10.6 Å². The number of hydrogen-bond donors (Lipinski definition) is 4. The first-order valence-electron chi connectivity index (χ1n) is 13.7. The molecule has 1 aromatic heterocycles. The standard InChI is InChI=1S/C31H41F2N5O3/c1-31(2,3)29(38(28(40)20-39)15-12-26(35-4)30(41)36-14-13-34)27-16-22(24-17-23(32)10-11-25(24)33)19-37(27)18-21-8-6-5-7-9-21/h5-11,16-17,19,26,29,35,39H,12-15,18,20,34H2,1-4H3,(H,36,41). The fourth-order valence-corrected chi connectivity index (χ4v) is 5.09. The molecule has 2 amide bonds. The quantitative estimate of drug-likeness (QED) is 0.252. The Balaban J connectivity index is 2.12. The summed E-state index contributed by atoms with van der Waals surface area (Å²) in [5, 5.41) is 15.7. The van der Waals surface area contributed by atoms with Crippen molar-refractivity contribution >= 4 is 11.8 Å². The molecule has 0 saturated heterocycles. The van der Waals surface area contributed by atoms with E-state index in [1.807, 2.05) is 55.7 Å². The number of nitrogens with zero attached hydrogens (tertiary/aromatic N) is 2. The average molecular weight is 570 g/mol. The lowest BCUT2D eigenvalue weighted by Gasteiger charge is -2.41. The molecule has 0 aliphatic rings. The van der Waals surface area contributed by atoms with Crippen LogP contribution in [0.4, 0.5) is 8.78 Å². The Morgan fingerprint density at radius 2 is 1.80 bits per heavy atom. The highest BCUT2D eigenvalue weighted by molar-refractivity contribution is 5.82. The maximum Gasteiger partial charge on any atom is 0.248 e. The van der Waals surface area contributed by atoms with E-state index >= 15 is 0 Å². The predicted octanol–water partition coefficient (Wildman–Crippen LogP) is 3.44. The maximum atomic E-state index is 14.9. The van der Waals surface area contributed by atoms with E-state index in [1.54, 1.807) is 24.2 Å². The lowest BCUT2D eigenvalue weighted by atomic mass is 9.82. The number of likely N-dealkylation sites (N-methyl/N-ethyl adjacent to an activating group) is 1. The molecule has 1 heterocycles. The lowest BCUT2D eigenvalue weighted by Crippen LogP contribution is -2.48. The molecule has 0 spiro atoms. The summed E-state index contributed by atoms with van der Waals surface area (Å²) < 4.78 is 31.0. The second kappa shape index (κ2) is 14.3. The summed E-state index contributed by atoms with van der Waals surface area (Å²) in [6, 6.07) is 13.6. The van der Waals surface area contributed by atoms with Crippen molar-refractivity contribution in [2.75, 3.05) is 33.3 Å². The molecular formula is C31H41F2N5O3. The second-order valence-electron chi connectivity index (χ2n) is 11.1. The summed E-state index contributed by atoms with van der Waals surface area (Å²) in [7, 11) is 1.66. The van der Waals surface area contributed by atoms with Gasteiger partial charge in [0.2, 0.25) is 11.8 Å². The zero-order chi connectivity index (χ0) is 30.2. The van der Waals surface area contributed by atoms with Gasteiger partial charge in [0.25, 0.3) is 0 Å². The Hall–Kier alpha value is -3.60. The van der Waals surface area contributed by atoms with Gasteiger partial charge in [-0.1, -0.05) is 51.1 Å². The lowest BCUT2D eigenvalue weighted by molar-refractivity contribution is -0.140. The largest absolute Gasteiger partial charge is 0.387 e. The molecule has 0 aliphatic heterocycles. The van der Waals surface area contributed by atoms with E-state index in [-0.39, 0.29) is 24.4 Å². The zero-order valence-corrected chi connectivity index (χ0v) is 24.2. The minimum atomic E-state index is -0.721. The summed E-state index contributed by atoms with van der Waals surface area (Å²) in [6.07, 6.45) is 2.03. The number of carbonyl (C=O) groups is 2. The minimum Gasteiger partial charge on any atom is -0.387 e. The summed E-state index contributed by atoms with van der Waals surface area (Å²) in [5.74, 6) is -1.87. The third-order valence-corrected chi connectivity index (χ3v) is 7.00. The Kier molecular flexibility index (Phi) is 11.2. The second-order valence-corrected chi connectivity index (χ2v) is 11.1. The molecule has 2 unspecified atom stereocenters. The first-order valence-corrected chi connectivity index (χ1v) is 13.7. The van der Waals surface area contributed by atoms with E-state index in [0.29, 0.717) is 30.9 Å². The Labute approximate surface area is 240 Å². The van der Waals surface area contributed by atoms with Crippen LogP contribution in [0.15, 0.2) is 60.8 Å². The van der Waals surface area contributed by atoms with Crippen molar-refractivity contribution < 1.29 is 23.5 Å². The summed E-state index contributed by atoms with van der Waals surface area (Å²) in [5.41, 5.74) is 7.22. The Morgan fingerprint density at radius 3 is 2.41 bits per heavy atom. The monoisotopic (exact) mass is 569 g/mol. The Bertz CT molecular complexity index is 1310. The molecule has 0 saturated carbocycles. The molecule has 0 radical (unpaired) electrons. The smallest absolute Gasteiger partial charge is 0.248 e. The van der Waals surface area contributed by atoms with Crippen LogP contribution in [-0.2, 0) is 16.1 Å². The van der Waals surface area contributed by atoms with Crippen LogP contribution in [0.3, 0.4) is 0 Å². The number of carbonyl (C=O) groups excluding carboxylic acids is 2. The fraction of sp³-hybridized carbons (Fsp3) is 0.419. The van der Waals surface area contributed by atoms with Crippen LogP contribution >= 0.6 is 0 Å². The van der Waals surface area contributed by atoms with Crippen LogP contribution in [0.5, 0.6) is 0 Å². The van der Waals surface area contributed by atoms with E-state index in [4.69, 9.17) is 5.73 Å². The van der Waals surface area contributed by atoms with E-state index < -0.39 is 41.6 Å². The molecule has 0 aliphatic carbocycles. The van der Waals surface area contributed by atoms with Gasteiger partial charge >= 0.3 is 0 Å². The van der Waals surface area contributed by atoms with Gasteiger partial charge in [0.05, 0.1) is 12.1 Å². The Morgan fingerprint density at radius 1 is 1.10 bits per heavy atom. The highest BCUT2D eigenvalue weighted by Gasteiger charge is 2.37. The van der Waals surface area contributed by atoms with Gasteiger partial charge in [0, 0.05) is 49.2 Å². The first-order chi connectivity index (χ1) is 19.5. The van der Waals surface area contributed by atoms with Crippen LogP contribution in [-0.4, -0.2) is 65.7 Å². The van der Waals surface area contributed by atoms with E-state index in [9.17, 15) is 23.5 Å². The van der Waals surface area contributed by atoms with Gasteiger partial charge in [0.1, 0.15) is 18.2 Å². The van der Waals surface area contributed by atoms with E-state index in [0.717, 1.165) is 23.8 Å². The van der Waals surface area contributed by atoms with Gasteiger partial charge in [-0.25, -0.2) is 8.78 Å². The molecular weight excluding hydrogens is 528 g/mol. The van der Waals surface area contributed by atoms with Crippen LogP contribution in [0.25, 0.3) is 11.1 Å². The molecule has 10 heteroatoms. The van der Waals surface area contributed by atoms with Crippen molar-refractivity contribution in [1.82, 2.24) is 20.1 Å². The number of nitrogens with two attached hydrogens (primary N) is 1. The zero-order valence-electron chi connectivity index (χ0n) is 24.2.